The van der Waals surface area contributed by atoms with Crippen LogP contribution in [0, 0.1) is 18.8 Å². The molecule has 4 rings (SSSR count). The molecule has 0 spiro atoms. The molecule has 0 bridgehead atoms. The number of rotatable bonds is 2. The summed E-state index contributed by atoms with van der Waals surface area (Å²) in [5, 5.41) is 1.12. The van der Waals surface area contributed by atoms with E-state index in [4.69, 9.17) is 4.74 Å². The summed E-state index contributed by atoms with van der Waals surface area (Å²) in [5.41, 5.74) is 2.30. The van der Waals surface area contributed by atoms with Gasteiger partial charge >= 0.3 is 0 Å². The molecular weight excluding hydrogens is 250 g/mol. The fourth-order valence-electron chi connectivity index (χ4n) is 3.51. The summed E-state index contributed by atoms with van der Waals surface area (Å²) in [6.07, 6.45) is 2.70. The van der Waals surface area contributed by atoms with E-state index in [0.29, 0.717) is 12.5 Å². The van der Waals surface area contributed by atoms with Gasteiger partial charge in [-0.1, -0.05) is 12.1 Å². The predicted octanol–water partition coefficient (Wildman–Crippen LogP) is 2.73. The van der Waals surface area contributed by atoms with Crippen LogP contribution in [0.3, 0.4) is 0 Å². The average molecular weight is 269 g/mol. The van der Waals surface area contributed by atoms with Gasteiger partial charge in [0.05, 0.1) is 18.2 Å². The Morgan fingerprint density at radius 3 is 3.05 bits per heavy atom. The highest BCUT2D eigenvalue weighted by molar-refractivity contribution is 5.79. The maximum absolute atomic E-state index is 12.2. The summed E-state index contributed by atoms with van der Waals surface area (Å²) < 4.78 is 7.81. The van der Waals surface area contributed by atoms with Crippen LogP contribution >= 0.6 is 0 Å². The molecule has 1 saturated carbocycles. The molecule has 3 unspecified atom stereocenters. The van der Waals surface area contributed by atoms with Crippen molar-refractivity contribution >= 4 is 10.9 Å². The number of hydrogen-bond donors (Lipinski definition) is 0. The second-order valence-corrected chi connectivity index (χ2v) is 6.20. The molecule has 0 N–H and O–H groups in total. The van der Waals surface area contributed by atoms with Crippen LogP contribution in [0.25, 0.3) is 10.9 Å². The number of fused-ring (bicyclic) bond motifs is 2. The Hall–Kier alpha value is -1.61. The van der Waals surface area contributed by atoms with Crippen LogP contribution in [0.5, 0.6) is 0 Å². The largest absolute Gasteiger partial charge is 0.376 e. The van der Waals surface area contributed by atoms with E-state index in [2.05, 4.69) is 25.1 Å². The van der Waals surface area contributed by atoms with Crippen molar-refractivity contribution in [3.8, 4) is 0 Å². The van der Waals surface area contributed by atoms with E-state index in [-0.39, 0.29) is 11.7 Å². The highest BCUT2D eigenvalue weighted by Crippen LogP contribution is 2.48. The molecule has 1 aromatic heterocycles. The van der Waals surface area contributed by atoms with Crippen molar-refractivity contribution in [2.24, 2.45) is 11.8 Å². The van der Waals surface area contributed by atoms with E-state index in [9.17, 15) is 4.79 Å². The van der Waals surface area contributed by atoms with Crippen LogP contribution < -0.4 is 5.56 Å². The SMILES string of the molecule is Cc1ccc2ccc(=O)n(CC3OCCC4CC43)c2c1. The maximum Gasteiger partial charge on any atom is 0.251 e. The molecule has 2 aliphatic rings. The van der Waals surface area contributed by atoms with Crippen molar-refractivity contribution in [2.45, 2.75) is 32.4 Å². The van der Waals surface area contributed by atoms with Crippen molar-refractivity contribution in [1.82, 2.24) is 4.57 Å². The number of pyridine rings is 1. The minimum atomic E-state index is 0.0782. The zero-order valence-electron chi connectivity index (χ0n) is 11.7. The second kappa shape index (κ2) is 4.45. The average Bonchev–Trinajstić information content (AvgIpc) is 3.22. The van der Waals surface area contributed by atoms with Gasteiger partial charge in [0.15, 0.2) is 0 Å². The van der Waals surface area contributed by atoms with Crippen molar-refractivity contribution < 1.29 is 4.74 Å². The van der Waals surface area contributed by atoms with Crippen LogP contribution in [-0.4, -0.2) is 17.3 Å². The number of aryl methyl sites for hydroxylation is 1. The molecule has 0 radical (unpaired) electrons. The minimum Gasteiger partial charge on any atom is -0.376 e. The Morgan fingerprint density at radius 2 is 2.15 bits per heavy atom. The molecule has 2 fully saturated rings. The highest BCUT2D eigenvalue weighted by Gasteiger charge is 2.46. The van der Waals surface area contributed by atoms with Gasteiger partial charge in [-0.2, -0.15) is 0 Å². The van der Waals surface area contributed by atoms with Gasteiger partial charge in [0.2, 0.25) is 0 Å². The summed E-state index contributed by atoms with van der Waals surface area (Å²) in [4.78, 5) is 12.2. The zero-order chi connectivity index (χ0) is 13.7. The van der Waals surface area contributed by atoms with E-state index in [0.717, 1.165) is 23.4 Å². The van der Waals surface area contributed by atoms with Crippen LogP contribution in [0.4, 0.5) is 0 Å². The van der Waals surface area contributed by atoms with Crippen LogP contribution in [0.2, 0.25) is 0 Å². The summed E-state index contributed by atoms with van der Waals surface area (Å²) in [6, 6.07) is 9.86. The first-order valence-corrected chi connectivity index (χ1v) is 7.44. The fourth-order valence-corrected chi connectivity index (χ4v) is 3.51. The highest BCUT2D eigenvalue weighted by atomic mass is 16.5. The number of ether oxygens (including phenoxy) is 1. The third kappa shape index (κ3) is 1.97. The Labute approximate surface area is 118 Å². The molecule has 2 heterocycles. The van der Waals surface area contributed by atoms with Crippen LogP contribution in [0.1, 0.15) is 18.4 Å². The molecule has 3 atom stereocenters. The maximum atomic E-state index is 12.2. The molecule has 3 heteroatoms. The van der Waals surface area contributed by atoms with Crippen molar-refractivity contribution in [3.05, 3.63) is 46.2 Å². The molecule has 1 aliphatic heterocycles. The van der Waals surface area contributed by atoms with E-state index >= 15 is 0 Å². The monoisotopic (exact) mass is 269 g/mol. The van der Waals surface area contributed by atoms with Gasteiger partial charge in [-0.05, 0) is 54.7 Å². The third-order valence-electron chi connectivity index (χ3n) is 4.79. The number of benzene rings is 1. The van der Waals surface area contributed by atoms with Gasteiger partial charge in [-0.3, -0.25) is 4.79 Å². The molecule has 1 saturated heterocycles. The van der Waals surface area contributed by atoms with Gasteiger partial charge in [0.25, 0.3) is 5.56 Å². The van der Waals surface area contributed by atoms with Gasteiger partial charge in [-0.15, -0.1) is 0 Å². The Balaban J connectivity index is 1.76. The number of hydrogen-bond acceptors (Lipinski definition) is 2. The summed E-state index contributed by atoms with van der Waals surface area (Å²) >= 11 is 0. The first kappa shape index (κ1) is 12.2. The smallest absolute Gasteiger partial charge is 0.251 e. The lowest BCUT2D eigenvalue weighted by Gasteiger charge is -2.24. The predicted molar refractivity (Wildman–Crippen MR) is 78.9 cm³/mol. The van der Waals surface area contributed by atoms with Crippen molar-refractivity contribution in [1.29, 1.82) is 0 Å². The molecule has 1 aliphatic carbocycles. The van der Waals surface area contributed by atoms with Gasteiger partial charge in [0.1, 0.15) is 0 Å². The molecular formula is C17H19NO2. The third-order valence-corrected chi connectivity index (χ3v) is 4.79. The lowest BCUT2D eigenvalue weighted by Crippen LogP contribution is -2.32. The van der Waals surface area contributed by atoms with Crippen LogP contribution in [-0.2, 0) is 11.3 Å². The lowest BCUT2D eigenvalue weighted by atomic mass is 10.1. The topological polar surface area (TPSA) is 31.2 Å². The fraction of sp³-hybridized carbons (Fsp3) is 0.471. The van der Waals surface area contributed by atoms with Gasteiger partial charge in [-0.25, -0.2) is 0 Å². The molecule has 2 aromatic rings. The first-order chi connectivity index (χ1) is 9.72. The van der Waals surface area contributed by atoms with E-state index in [1.807, 2.05) is 10.6 Å². The van der Waals surface area contributed by atoms with Crippen LogP contribution in [0.15, 0.2) is 35.1 Å². The van der Waals surface area contributed by atoms with E-state index in [1.54, 1.807) is 6.07 Å². The van der Waals surface area contributed by atoms with Gasteiger partial charge in [0, 0.05) is 12.7 Å². The molecule has 1 aromatic carbocycles. The quantitative estimate of drug-likeness (QED) is 0.839. The first-order valence-electron chi connectivity index (χ1n) is 7.44. The number of aromatic nitrogens is 1. The molecule has 104 valence electrons. The Bertz CT molecular complexity index is 718. The second-order valence-electron chi connectivity index (χ2n) is 6.20. The summed E-state index contributed by atoms with van der Waals surface area (Å²) in [6.45, 7) is 3.61. The lowest BCUT2D eigenvalue weighted by molar-refractivity contribution is -0.00294. The van der Waals surface area contributed by atoms with Crippen molar-refractivity contribution in [2.75, 3.05) is 6.61 Å². The minimum absolute atomic E-state index is 0.0782. The summed E-state index contributed by atoms with van der Waals surface area (Å²) in [5.74, 6) is 1.52. The summed E-state index contributed by atoms with van der Waals surface area (Å²) in [7, 11) is 0. The standard InChI is InChI=1S/C17H19NO2/c1-11-2-3-12-4-5-17(19)18(15(12)8-11)10-16-14-9-13(14)6-7-20-16/h2-5,8,13-14,16H,6-7,9-10H2,1H3. The molecule has 0 amide bonds. The number of nitrogens with zero attached hydrogens (tertiary/aromatic N) is 1. The van der Waals surface area contributed by atoms with E-state index in [1.165, 1.54) is 18.4 Å². The Morgan fingerprint density at radius 1 is 1.30 bits per heavy atom. The molecule has 20 heavy (non-hydrogen) atoms. The Kier molecular flexibility index (Phi) is 2.71. The van der Waals surface area contributed by atoms with Gasteiger partial charge < -0.3 is 9.30 Å². The van der Waals surface area contributed by atoms with E-state index < -0.39 is 0 Å². The molecule has 3 nitrogen and oxygen atoms in total. The normalized spacial score (nSPS) is 28.4. The zero-order valence-corrected chi connectivity index (χ0v) is 11.7. The van der Waals surface area contributed by atoms with Crippen molar-refractivity contribution in [3.63, 3.8) is 0 Å².